The minimum Gasteiger partial charge on any atom is -0.493 e. The van der Waals surface area contributed by atoms with E-state index in [4.69, 9.17) is 19.9 Å². The van der Waals surface area contributed by atoms with E-state index < -0.39 is 6.04 Å². The van der Waals surface area contributed by atoms with E-state index in [-0.39, 0.29) is 11.9 Å². The lowest BCUT2D eigenvalue weighted by Crippen LogP contribution is -2.28. The van der Waals surface area contributed by atoms with Crippen molar-refractivity contribution in [1.82, 2.24) is 0 Å². The molecule has 19 heavy (non-hydrogen) atoms. The number of hydrogen-bond donors (Lipinski definition) is 1. The van der Waals surface area contributed by atoms with Gasteiger partial charge in [-0.05, 0) is 24.1 Å². The van der Waals surface area contributed by atoms with Crippen molar-refractivity contribution < 1.29 is 19.0 Å². The summed E-state index contributed by atoms with van der Waals surface area (Å²) in [5, 5.41) is 0. The summed E-state index contributed by atoms with van der Waals surface area (Å²) in [5.41, 5.74) is 6.96. The molecular weight excluding hydrogens is 246 g/mol. The van der Waals surface area contributed by atoms with Gasteiger partial charge in [-0.3, -0.25) is 4.79 Å². The van der Waals surface area contributed by atoms with E-state index in [1.54, 1.807) is 26.4 Å². The van der Waals surface area contributed by atoms with Gasteiger partial charge in [0.25, 0.3) is 0 Å². The van der Waals surface area contributed by atoms with E-state index >= 15 is 0 Å². The molecule has 0 radical (unpaired) electrons. The van der Waals surface area contributed by atoms with Crippen molar-refractivity contribution in [3.8, 4) is 11.5 Å². The second-order valence-electron chi connectivity index (χ2n) is 4.18. The van der Waals surface area contributed by atoms with Crippen LogP contribution in [0.3, 0.4) is 0 Å². The molecule has 0 aliphatic carbocycles. The minimum absolute atomic E-state index is 0.301. The average molecular weight is 267 g/mol. The number of methoxy groups -OCH3 is 3. The van der Waals surface area contributed by atoms with E-state index in [0.717, 1.165) is 5.56 Å². The standard InChI is InChI=1S/C14H21NO4/c1-5-10(14(16)19-4)13(15)9-6-7-11(17-2)12(8-9)18-3/h6-8,10,13H,5,15H2,1-4H3. The molecule has 5 nitrogen and oxygen atoms in total. The summed E-state index contributed by atoms with van der Waals surface area (Å²) in [6.45, 7) is 1.90. The maximum absolute atomic E-state index is 11.7. The van der Waals surface area contributed by atoms with E-state index in [9.17, 15) is 4.79 Å². The molecule has 5 heteroatoms. The van der Waals surface area contributed by atoms with Crippen LogP contribution in [0, 0.1) is 5.92 Å². The predicted octanol–water partition coefficient (Wildman–Crippen LogP) is 1.90. The Labute approximate surface area is 113 Å². The third kappa shape index (κ3) is 3.38. The highest BCUT2D eigenvalue weighted by Crippen LogP contribution is 2.32. The van der Waals surface area contributed by atoms with Crippen LogP contribution >= 0.6 is 0 Å². The molecule has 0 heterocycles. The molecule has 1 aromatic carbocycles. The largest absolute Gasteiger partial charge is 0.493 e. The Hall–Kier alpha value is -1.75. The molecule has 2 unspecified atom stereocenters. The molecule has 2 atom stereocenters. The summed E-state index contributed by atoms with van der Waals surface area (Å²) in [6.07, 6.45) is 0.613. The van der Waals surface area contributed by atoms with Crippen molar-refractivity contribution in [1.29, 1.82) is 0 Å². The zero-order valence-electron chi connectivity index (χ0n) is 11.8. The van der Waals surface area contributed by atoms with Crippen LogP contribution in [0.1, 0.15) is 24.9 Å². The van der Waals surface area contributed by atoms with Crippen LogP contribution in [0.5, 0.6) is 11.5 Å². The number of ether oxygens (including phenoxy) is 3. The zero-order chi connectivity index (χ0) is 14.4. The predicted molar refractivity (Wildman–Crippen MR) is 72.3 cm³/mol. The van der Waals surface area contributed by atoms with Crippen LogP contribution in [0.25, 0.3) is 0 Å². The third-order valence-corrected chi connectivity index (χ3v) is 3.17. The van der Waals surface area contributed by atoms with Gasteiger partial charge in [-0.2, -0.15) is 0 Å². The molecule has 1 rings (SSSR count). The first kappa shape index (κ1) is 15.3. The molecule has 2 N–H and O–H groups in total. The number of nitrogens with two attached hydrogens (primary N) is 1. The Morgan fingerprint density at radius 1 is 1.21 bits per heavy atom. The summed E-state index contributed by atoms with van der Waals surface area (Å²) in [5.74, 6) is 0.549. The van der Waals surface area contributed by atoms with Gasteiger partial charge in [0.05, 0.1) is 27.2 Å². The van der Waals surface area contributed by atoms with Crippen LogP contribution in [0.2, 0.25) is 0 Å². The topological polar surface area (TPSA) is 70.8 Å². The van der Waals surface area contributed by atoms with Crippen molar-refractivity contribution >= 4 is 5.97 Å². The first-order valence-electron chi connectivity index (χ1n) is 6.14. The number of rotatable bonds is 6. The molecule has 0 bridgehead atoms. The summed E-state index contributed by atoms with van der Waals surface area (Å²) in [7, 11) is 4.50. The fraction of sp³-hybridized carbons (Fsp3) is 0.500. The van der Waals surface area contributed by atoms with Gasteiger partial charge in [0.2, 0.25) is 0 Å². The molecule has 0 aliphatic heterocycles. The van der Waals surface area contributed by atoms with Crippen LogP contribution in [-0.4, -0.2) is 27.3 Å². The van der Waals surface area contributed by atoms with Crippen molar-refractivity contribution in [2.24, 2.45) is 11.7 Å². The Morgan fingerprint density at radius 2 is 1.84 bits per heavy atom. The lowest BCUT2D eigenvalue weighted by Gasteiger charge is -2.21. The van der Waals surface area contributed by atoms with E-state index in [0.29, 0.717) is 17.9 Å². The fourth-order valence-electron chi connectivity index (χ4n) is 2.01. The molecule has 0 aromatic heterocycles. The first-order valence-corrected chi connectivity index (χ1v) is 6.14. The molecule has 0 spiro atoms. The van der Waals surface area contributed by atoms with E-state index in [1.807, 2.05) is 13.0 Å². The summed E-state index contributed by atoms with van der Waals surface area (Å²) in [4.78, 5) is 11.7. The molecular formula is C14H21NO4. The van der Waals surface area contributed by atoms with Crippen molar-refractivity contribution in [2.45, 2.75) is 19.4 Å². The highest BCUT2D eigenvalue weighted by Gasteiger charge is 2.26. The maximum atomic E-state index is 11.7. The second-order valence-corrected chi connectivity index (χ2v) is 4.18. The van der Waals surface area contributed by atoms with Crippen LogP contribution in [0.4, 0.5) is 0 Å². The molecule has 1 aromatic rings. The number of benzene rings is 1. The minimum atomic E-state index is -0.433. The van der Waals surface area contributed by atoms with Gasteiger partial charge >= 0.3 is 5.97 Å². The van der Waals surface area contributed by atoms with Crippen LogP contribution in [-0.2, 0) is 9.53 Å². The molecule has 0 saturated heterocycles. The van der Waals surface area contributed by atoms with Gasteiger partial charge in [-0.1, -0.05) is 13.0 Å². The van der Waals surface area contributed by atoms with Gasteiger partial charge in [-0.25, -0.2) is 0 Å². The highest BCUT2D eigenvalue weighted by atomic mass is 16.5. The number of carbonyl (C=O) groups excluding carboxylic acids is 1. The van der Waals surface area contributed by atoms with Gasteiger partial charge in [-0.15, -0.1) is 0 Å². The quantitative estimate of drug-likeness (QED) is 0.797. The average Bonchev–Trinajstić information content (AvgIpc) is 2.46. The Kier molecular flexibility index (Phi) is 5.63. The van der Waals surface area contributed by atoms with Crippen molar-refractivity contribution in [2.75, 3.05) is 21.3 Å². The van der Waals surface area contributed by atoms with Gasteiger partial charge in [0, 0.05) is 6.04 Å². The molecule has 0 fully saturated rings. The fourth-order valence-corrected chi connectivity index (χ4v) is 2.01. The number of carbonyl (C=O) groups is 1. The van der Waals surface area contributed by atoms with Crippen molar-refractivity contribution in [3.63, 3.8) is 0 Å². The molecule has 0 aliphatic rings. The number of hydrogen-bond acceptors (Lipinski definition) is 5. The normalized spacial score (nSPS) is 13.5. The Morgan fingerprint density at radius 3 is 2.32 bits per heavy atom. The smallest absolute Gasteiger partial charge is 0.310 e. The second kappa shape index (κ2) is 6.99. The van der Waals surface area contributed by atoms with Crippen molar-refractivity contribution in [3.05, 3.63) is 23.8 Å². The van der Waals surface area contributed by atoms with Gasteiger partial charge in [0.1, 0.15) is 0 Å². The molecule has 0 amide bonds. The lowest BCUT2D eigenvalue weighted by molar-refractivity contribution is -0.146. The molecule has 106 valence electrons. The summed E-state index contributed by atoms with van der Waals surface area (Å²) in [6, 6.07) is 4.96. The summed E-state index contributed by atoms with van der Waals surface area (Å²) < 4.78 is 15.2. The van der Waals surface area contributed by atoms with Gasteiger partial charge < -0.3 is 19.9 Å². The molecule has 0 saturated carbocycles. The van der Waals surface area contributed by atoms with E-state index in [2.05, 4.69) is 0 Å². The third-order valence-electron chi connectivity index (χ3n) is 3.17. The SMILES string of the molecule is CCC(C(=O)OC)C(N)c1ccc(OC)c(OC)c1. The van der Waals surface area contributed by atoms with Gasteiger partial charge in [0.15, 0.2) is 11.5 Å². The first-order chi connectivity index (χ1) is 9.08. The summed E-state index contributed by atoms with van der Waals surface area (Å²) >= 11 is 0. The maximum Gasteiger partial charge on any atom is 0.310 e. The zero-order valence-corrected chi connectivity index (χ0v) is 11.8. The van der Waals surface area contributed by atoms with Crippen LogP contribution < -0.4 is 15.2 Å². The monoisotopic (exact) mass is 267 g/mol. The Bertz CT molecular complexity index is 433. The highest BCUT2D eigenvalue weighted by molar-refractivity contribution is 5.73. The van der Waals surface area contributed by atoms with Crippen LogP contribution in [0.15, 0.2) is 18.2 Å². The van der Waals surface area contributed by atoms with E-state index in [1.165, 1.54) is 7.11 Å². The number of esters is 1. The lowest BCUT2D eigenvalue weighted by atomic mass is 9.91. The Balaban J connectivity index is 3.04.